The summed E-state index contributed by atoms with van der Waals surface area (Å²) in [7, 11) is 0. The summed E-state index contributed by atoms with van der Waals surface area (Å²) in [5.74, 6) is -0.822. The van der Waals surface area contributed by atoms with Crippen molar-refractivity contribution in [3.05, 3.63) is 65.5 Å². The number of halogens is 1. The average molecular weight is 385 g/mol. The first kappa shape index (κ1) is 19.9. The number of hydrogen-bond acceptors (Lipinski definition) is 3. The third-order valence-corrected chi connectivity index (χ3v) is 5.13. The van der Waals surface area contributed by atoms with Crippen LogP contribution in [0.5, 0.6) is 5.75 Å². The predicted octanol–water partition coefficient (Wildman–Crippen LogP) is 3.91. The van der Waals surface area contributed by atoms with Gasteiger partial charge in [0.15, 0.2) is 0 Å². The molecule has 5 nitrogen and oxygen atoms in total. The molecule has 2 aromatic rings. The Bertz CT molecular complexity index is 814. The van der Waals surface area contributed by atoms with E-state index in [-0.39, 0.29) is 30.2 Å². The summed E-state index contributed by atoms with van der Waals surface area (Å²) in [5, 5.41) is 12.0. The maximum Gasteiger partial charge on any atom is 0.306 e. The van der Waals surface area contributed by atoms with E-state index in [1.165, 1.54) is 12.1 Å². The second-order valence-corrected chi connectivity index (χ2v) is 7.17. The third-order valence-electron chi connectivity index (χ3n) is 5.13. The van der Waals surface area contributed by atoms with Crippen LogP contribution in [0.3, 0.4) is 0 Å². The third kappa shape index (κ3) is 5.55. The summed E-state index contributed by atoms with van der Waals surface area (Å²) in [6.07, 6.45) is 2.36. The molecule has 0 radical (unpaired) electrons. The number of carboxylic acids is 1. The first-order valence-corrected chi connectivity index (χ1v) is 9.48. The number of rotatable bonds is 7. The molecular weight excluding hydrogens is 361 g/mol. The normalized spacial score (nSPS) is 19.0. The molecule has 1 saturated carbocycles. The standard InChI is InChI=1S/C22H24FNO4/c23-19-3-1-2-16(12-19)14-28-20-10-4-15(5-11-20)13-24-21(25)17-6-8-18(9-7-17)22(26)27/h1-5,10-12,17-18H,6-9,13-14H2,(H,24,25)(H,26,27). The highest BCUT2D eigenvalue weighted by atomic mass is 19.1. The van der Waals surface area contributed by atoms with Gasteiger partial charge in [-0.15, -0.1) is 0 Å². The molecule has 148 valence electrons. The molecule has 0 atom stereocenters. The molecule has 0 heterocycles. The zero-order chi connectivity index (χ0) is 19.9. The first-order valence-electron chi connectivity index (χ1n) is 9.48. The number of hydrogen-bond donors (Lipinski definition) is 2. The van der Waals surface area contributed by atoms with Crippen LogP contribution >= 0.6 is 0 Å². The van der Waals surface area contributed by atoms with Gasteiger partial charge in [0, 0.05) is 12.5 Å². The smallest absolute Gasteiger partial charge is 0.306 e. The van der Waals surface area contributed by atoms with Gasteiger partial charge in [-0.05, 0) is 61.1 Å². The molecule has 6 heteroatoms. The van der Waals surface area contributed by atoms with E-state index < -0.39 is 5.97 Å². The van der Waals surface area contributed by atoms with Gasteiger partial charge in [-0.3, -0.25) is 9.59 Å². The topological polar surface area (TPSA) is 75.6 Å². The summed E-state index contributed by atoms with van der Waals surface area (Å²) in [6, 6.07) is 13.7. The van der Waals surface area contributed by atoms with Crippen LogP contribution in [-0.4, -0.2) is 17.0 Å². The summed E-state index contributed by atoms with van der Waals surface area (Å²) in [5.41, 5.74) is 1.71. The molecule has 1 aliphatic rings. The fourth-order valence-corrected chi connectivity index (χ4v) is 3.43. The highest BCUT2D eigenvalue weighted by Gasteiger charge is 2.29. The van der Waals surface area contributed by atoms with Gasteiger partial charge in [0.1, 0.15) is 18.2 Å². The SMILES string of the molecule is O=C(O)C1CCC(C(=O)NCc2ccc(OCc3cccc(F)c3)cc2)CC1. The molecule has 3 rings (SSSR count). The molecule has 0 aromatic heterocycles. The van der Waals surface area contributed by atoms with Gasteiger partial charge in [0.25, 0.3) is 0 Å². The number of amides is 1. The Morgan fingerprint density at radius 3 is 2.32 bits per heavy atom. The van der Waals surface area contributed by atoms with Crippen molar-refractivity contribution in [1.29, 1.82) is 0 Å². The lowest BCUT2D eigenvalue weighted by molar-refractivity contribution is -0.144. The van der Waals surface area contributed by atoms with E-state index in [4.69, 9.17) is 9.84 Å². The Balaban J connectivity index is 1.43. The monoisotopic (exact) mass is 385 g/mol. The fraction of sp³-hybridized carbons (Fsp3) is 0.364. The van der Waals surface area contributed by atoms with Crippen molar-refractivity contribution in [3.63, 3.8) is 0 Å². The van der Waals surface area contributed by atoms with Gasteiger partial charge in [-0.1, -0.05) is 24.3 Å². The maximum atomic E-state index is 13.2. The molecule has 2 aromatic carbocycles. The van der Waals surface area contributed by atoms with E-state index in [0.717, 1.165) is 11.1 Å². The molecule has 0 unspecified atom stereocenters. The lowest BCUT2D eigenvalue weighted by Crippen LogP contribution is -2.34. The van der Waals surface area contributed by atoms with Crippen molar-refractivity contribution >= 4 is 11.9 Å². The Morgan fingerprint density at radius 2 is 1.68 bits per heavy atom. The van der Waals surface area contributed by atoms with Crippen molar-refractivity contribution < 1.29 is 23.8 Å². The molecule has 1 amide bonds. The van der Waals surface area contributed by atoms with E-state index in [0.29, 0.717) is 38.0 Å². The summed E-state index contributed by atoms with van der Waals surface area (Å²) in [6.45, 7) is 0.703. The minimum absolute atomic E-state index is 0.0183. The number of carbonyl (C=O) groups is 2. The summed E-state index contributed by atoms with van der Waals surface area (Å²) in [4.78, 5) is 23.3. The van der Waals surface area contributed by atoms with Crippen LogP contribution < -0.4 is 10.1 Å². The van der Waals surface area contributed by atoms with Crippen LogP contribution in [0.15, 0.2) is 48.5 Å². The minimum atomic E-state index is -0.765. The Morgan fingerprint density at radius 1 is 1.00 bits per heavy atom. The lowest BCUT2D eigenvalue weighted by Gasteiger charge is -2.25. The number of aliphatic carboxylic acids is 1. The van der Waals surface area contributed by atoms with Crippen molar-refractivity contribution in [1.82, 2.24) is 5.32 Å². The van der Waals surface area contributed by atoms with E-state index in [9.17, 15) is 14.0 Å². The van der Waals surface area contributed by atoms with Gasteiger partial charge in [-0.2, -0.15) is 0 Å². The van der Waals surface area contributed by atoms with E-state index in [2.05, 4.69) is 5.32 Å². The van der Waals surface area contributed by atoms with Crippen LogP contribution in [0.25, 0.3) is 0 Å². The maximum absolute atomic E-state index is 13.2. The van der Waals surface area contributed by atoms with E-state index in [1.54, 1.807) is 12.1 Å². The van der Waals surface area contributed by atoms with Crippen molar-refractivity contribution in [2.45, 2.75) is 38.8 Å². The van der Waals surface area contributed by atoms with Gasteiger partial charge >= 0.3 is 5.97 Å². The molecule has 0 bridgehead atoms. The summed E-state index contributed by atoms with van der Waals surface area (Å²) >= 11 is 0. The molecule has 2 N–H and O–H groups in total. The molecule has 0 spiro atoms. The molecule has 0 aliphatic heterocycles. The van der Waals surface area contributed by atoms with Crippen molar-refractivity contribution in [3.8, 4) is 5.75 Å². The van der Waals surface area contributed by atoms with Crippen LogP contribution in [0.4, 0.5) is 4.39 Å². The van der Waals surface area contributed by atoms with Gasteiger partial charge in [0.2, 0.25) is 5.91 Å². The quantitative estimate of drug-likeness (QED) is 0.758. The largest absolute Gasteiger partial charge is 0.489 e. The number of benzene rings is 2. The molecule has 1 aliphatic carbocycles. The number of carbonyl (C=O) groups excluding carboxylic acids is 1. The molecule has 28 heavy (non-hydrogen) atoms. The van der Waals surface area contributed by atoms with Gasteiger partial charge in [0.05, 0.1) is 5.92 Å². The Hall–Kier alpha value is -2.89. The Kier molecular flexibility index (Phi) is 6.63. The van der Waals surface area contributed by atoms with E-state index in [1.807, 2.05) is 24.3 Å². The second-order valence-electron chi connectivity index (χ2n) is 7.17. The minimum Gasteiger partial charge on any atom is -0.489 e. The van der Waals surface area contributed by atoms with Crippen LogP contribution in [0, 0.1) is 17.7 Å². The van der Waals surface area contributed by atoms with Crippen LogP contribution in [0.1, 0.15) is 36.8 Å². The van der Waals surface area contributed by atoms with Gasteiger partial charge in [-0.25, -0.2) is 4.39 Å². The number of ether oxygens (including phenoxy) is 1. The van der Waals surface area contributed by atoms with E-state index >= 15 is 0 Å². The number of nitrogens with one attached hydrogen (secondary N) is 1. The molecule has 0 saturated heterocycles. The van der Waals surface area contributed by atoms with Crippen LogP contribution in [0.2, 0.25) is 0 Å². The zero-order valence-electron chi connectivity index (χ0n) is 15.6. The highest BCUT2D eigenvalue weighted by Crippen LogP contribution is 2.29. The molecule has 1 fully saturated rings. The van der Waals surface area contributed by atoms with Gasteiger partial charge < -0.3 is 15.2 Å². The lowest BCUT2D eigenvalue weighted by atomic mass is 9.81. The Labute approximate surface area is 163 Å². The summed E-state index contributed by atoms with van der Waals surface area (Å²) < 4.78 is 18.8. The first-order chi connectivity index (χ1) is 13.5. The fourth-order valence-electron chi connectivity index (χ4n) is 3.43. The number of carboxylic acid groups (broad SMARTS) is 1. The zero-order valence-corrected chi connectivity index (χ0v) is 15.6. The van der Waals surface area contributed by atoms with Crippen molar-refractivity contribution in [2.24, 2.45) is 11.8 Å². The van der Waals surface area contributed by atoms with Crippen LogP contribution in [-0.2, 0) is 22.7 Å². The predicted molar refractivity (Wildman–Crippen MR) is 102 cm³/mol. The average Bonchev–Trinajstić information content (AvgIpc) is 2.71. The highest BCUT2D eigenvalue weighted by molar-refractivity contribution is 5.79. The van der Waals surface area contributed by atoms with Crippen molar-refractivity contribution in [2.75, 3.05) is 0 Å². The molecular formula is C22H24FNO4. The second kappa shape index (κ2) is 9.35.